The SMILES string of the molecule is COCc1ccccc1C(CN)N1CCC(OC)CC1. The molecule has 1 aromatic carbocycles. The molecule has 4 nitrogen and oxygen atoms in total. The van der Waals surface area contributed by atoms with Gasteiger partial charge in [-0.3, -0.25) is 4.90 Å². The van der Waals surface area contributed by atoms with Crippen LogP contribution in [0.25, 0.3) is 0 Å². The van der Waals surface area contributed by atoms with Gasteiger partial charge in [-0.15, -0.1) is 0 Å². The Morgan fingerprint density at radius 3 is 2.55 bits per heavy atom. The van der Waals surface area contributed by atoms with Gasteiger partial charge in [0.25, 0.3) is 0 Å². The second kappa shape index (κ2) is 7.74. The smallest absolute Gasteiger partial charge is 0.0716 e. The largest absolute Gasteiger partial charge is 0.381 e. The average molecular weight is 278 g/mol. The molecule has 1 heterocycles. The van der Waals surface area contributed by atoms with Gasteiger partial charge in [0.2, 0.25) is 0 Å². The molecule has 1 saturated heterocycles. The highest BCUT2D eigenvalue weighted by Crippen LogP contribution is 2.27. The van der Waals surface area contributed by atoms with E-state index in [0.717, 1.165) is 25.9 Å². The van der Waals surface area contributed by atoms with E-state index in [9.17, 15) is 0 Å². The van der Waals surface area contributed by atoms with Gasteiger partial charge >= 0.3 is 0 Å². The van der Waals surface area contributed by atoms with Crippen LogP contribution in [-0.2, 0) is 16.1 Å². The van der Waals surface area contributed by atoms with Gasteiger partial charge in [0.1, 0.15) is 0 Å². The summed E-state index contributed by atoms with van der Waals surface area (Å²) in [6, 6.07) is 8.72. The van der Waals surface area contributed by atoms with E-state index in [1.54, 1.807) is 14.2 Å². The molecule has 0 spiro atoms. The summed E-state index contributed by atoms with van der Waals surface area (Å²) in [6.07, 6.45) is 2.57. The first-order valence-corrected chi connectivity index (χ1v) is 7.33. The Hall–Kier alpha value is -0.940. The number of piperidine rings is 1. The summed E-state index contributed by atoms with van der Waals surface area (Å²) >= 11 is 0. The van der Waals surface area contributed by atoms with E-state index in [-0.39, 0.29) is 6.04 Å². The van der Waals surface area contributed by atoms with Crippen molar-refractivity contribution in [1.29, 1.82) is 0 Å². The van der Waals surface area contributed by atoms with Crippen molar-refractivity contribution >= 4 is 0 Å². The molecule has 0 bridgehead atoms. The summed E-state index contributed by atoms with van der Waals surface area (Å²) in [4.78, 5) is 2.48. The van der Waals surface area contributed by atoms with Crippen molar-refractivity contribution in [3.05, 3.63) is 35.4 Å². The van der Waals surface area contributed by atoms with Crippen molar-refractivity contribution in [2.45, 2.75) is 31.6 Å². The molecule has 1 unspecified atom stereocenters. The van der Waals surface area contributed by atoms with Gasteiger partial charge in [0, 0.05) is 39.9 Å². The van der Waals surface area contributed by atoms with E-state index >= 15 is 0 Å². The molecule has 2 N–H and O–H groups in total. The van der Waals surface area contributed by atoms with Gasteiger partial charge < -0.3 is 15.2 Å². The van der Waals surface area contributed by atoms with Crippen LogP contribution in [0.4, 0.5) is 0 Å². The first-order valence-electron chi connectivity index (χ1n) is 7.33. The van der Waals surface area contributed by atoms with E-state index in [1.807, 2.05) is 0 Å². The minimum absolute atomic E-state index is 0.277. The zero-order valence-corrected chi connectivity index (χ0v) is 12.5. The molecule has 0 aliphatic carbocycles. The van der Waals surface area contributed by atoms with Crippen LogP contribution in [0.5, 0.6) is 0 Å². The van der Waals surface area contributed by atoms with Crippen molar-refractivity contribution in [2.24, 2.45) is 5.73 Å². The third-order valence-electron chi connectivity index (χ3n) is 4.19. The molecule has 1 aliphatic heterocycles. The fraction of sp³-hybridized carbons (Fsp3) is 0.625. The van der Waals surface area contributed by atoms with Crippen LogP contribution in [0, 0.1) is 0 Å². The monoisotopic (exact) mass is 278 g/mol. The second-order valence-corrected chi connectivity index (χ2v) is 5.35. The lowest BCUT2D eigenvalue weighted by Crippen LogP contribution is -2.42. The molecule has 0 radical (unpaired) electrons. The van der Waals surface area contributed by atoms with E-state index < -0.39 is 0 Å². The Labute approximate surface area is 121 Å². The number of benzene rings is 1. The quantitative estimate of drug-likeness (QED) is 0.864. The molecular weight excluding hydrogens is 252 g/mol. The summed E-state index contributed by atoms with van der Waals surface area (Å²) in [5.74, 6) is 0. The molecule has 0 saturated carbocycles. The minimum atomic E-state index is 0.277. The summed E-state index contributed by atoms with van der Waals surface area (Å²) < 4.78 is 10.7. The Morgan fingerprint density at radius 1 is 1.25 bits per heavy atom. The Morgan fingerprint density at radius 2 is 1.95 bits per heavy atom. The van der Waals surface area contributed by atoms with Crippen molar-refractivity contribution in [1.82, 2.24) is 4.90 Å². The maximum Gasteiger partial charge on any atom is 0.0716 e. The van der Waals surface area contributed by atoms with Crippen molar-refractivity contribution in [3.63, 3.8) is 0 Å². The predicted molar refractivity (Wildman–Crippen MR) is 80.6 cm³/mol. The highest BCUT2D eigenvalue weighted by molar-refractivity contribution is 5.30. The van der Waals surface area contributed by atoms with E-state index in [1.165, 1.54) is 11.1 Å². The van der Waals surface area contributed by atoms with Crippen molar-refractivity contribution in [3.8, 4) is 0 Å². The summed E-state index contributed by atoms with van der Waals surface area (Å²) in [7, 11) is 3.53. The first kappa shape index (κ1) is 15.4. The molecule has 112 valence electrons. The van der Waals surface area contributed by atoms with Crippen molar-refractivity contribution < 1.29 is 9.47 Å². The second-order valence-electron chi connectivity index (χ2n) is 5.35. The van der Waals surface area contributed by atoms with Gasteiger partial charge in [-0.25, -0.2) is 0 Å². The van der Waals surface area contributed by atoms with Crippen molar-refractivity contribution in [2.75, 3.05) is 33.9 Å². The zero-order chi connectivity index (χ0) is 14.4. The van der Waals surface area contributed by atoms with Crippen LogP contribution in [0.2, 0.25) is 0 Å². The molecule has 20 heavy (non-hydrogen) atoms. The Kier molecular flexibility index (Phi) is 5.98. The van der Waals surface area contributed by atoms with E-state index in [2.05, 4.69) is 29.2 Å². The number of nitrogens with two attached hydrogens (primary N) is 1. The molecule has 0 aromatic heterocycles. The highest BCUT2D eigenvalue weighted by atomic mass is 16.5. The standard InChI is InChI=1S/C16H26N2O2/c1-19-12-13-5-3-4-6-15(13)16(11-17)18-9-7-14(20-2)8-10-18/h3-6,14,16H,7-12,17H2,1-2H3. The molecule has 1 aliphatic rings. The third-order valence-corrected chi connectivity index (χ3v) is 4.19. The van der Waals surface area contributed by atoms with Crippen LogP contribution in [-0.4, -0.2) is 44.9 Å². The molecule has 1 atom stereocenters. The Bertz CT molecular complexity index is 403. The lowest BCUT2D eigenvalue weighted by Gasteiger charge is -2.37. The van der Waals surface area contributed by atoms with Crippen LogP contribution in [0.1, 0.15) is 30.0 Å². The molecule has 2 rings (SSSR count). The maximum atomic E-state index is 6.05. The summed E-state index contributed by atoms with van der Waals surface area (Å²) in [5, 5.41) is 0. The maximum absolute atomic E-state index is 6.05. The van der Waals surface area contributed by atoms with Gasteiger partial charge in [0.15, 0.2) is 0 Å². The van der Waals surface area contributed by atoms with Gasteiger partial charge in [-0.05, 0) is 24.0 Å². The molecule has 0 amide bonds. The fourth-order valence-corrected chi connectivity index (χ4v) is 3.04. The number of likely N-dealkylation sites (tertiary alicyclic amines) is 1. The molecule has 4 heteroatoms. The number of methoxy groups -OCH3 is 2. The molecule has 1 fully saturated rings. The first-order chi connectivity index (χ1) is 9.80. The number of ether oxygens (including phenoxy) is 2. The van der Waals surface area contributed by atoms with Crippen LogP contribution in [0.3, 0.4) is 0 Å². The fourth-order valence-electron chi connectivity index (χ4n) is 3.04. The molecule has 1 aromatic rings. The summed E-state index contributed by atoms with van der Waals surface area (Å²) in [5.41, 5.74) is 8.59. The lowest BCUT2D eigenvalue weighted by atomic mass is 9.96. The topological polar surface area (TPSA) is 47.7 Å². The average Bonchev–Trinajstić information content (AvgIpc) is 2.51. The minimum Gasteiger partial charge on any atom is -0.381 e. The van der Waals surface area contributed by atoms with Gasteiger partial charge in [-0.2, -0.15) is 0 Å². The number of hydrogen-bond donors (Lipinski definition) is 1. The number of nitrogens with zero attached hydrogens (tertiary/aromatic N) is 1. The third kappa shape index (κ3) is 3.58. The molecular formula is C16H26N2O2. The van der Waals surface area contributed by atoms with E-state index in [4.69, 9.17) is 15.2 Å². The van der Waals surface area contributed by atoms with Crippen LogP contribution >= 0.6 is 0 Å². The normalized spacial score (nSPS) is 19.1. The van der Waals surface area contributed by atoms with Crippen LogP contribution in [0.15, 0.2) is 24.3 Å². The number of rotatable bonds is 6. The van der Waals surface area contributed by atoms with Crippen LogP contribution < -0.4 is 5.73 Å². The summed E-state index contributed by atoms with van der Waals surface area (Å²) in [6.45, 7) is 3.36. The zero-order valence-electron chi connectivity index (χ0n) is 12.5. The highest BCUT2D eigenvalue weighted by Gasteiger charge is 2.26. The predicted octanol–water partition coefficient (Wildman–Crippen LogP) is 1.94. The number of hydrogen-bond acceptors (Lipinski definition) is 4. The lowest BCUT2D eigenvalue weighted by molar-refractivity contribution is 0.0277. The van der Waals surface area contributed by atoms with E-state index in [0.29, 0.717) is 19.3 Å². The van der Waals surface area contributed by atoms with Gasteiger partial charge in [-0.1, -0.05) is 24.3 Å². The van der Waals surface area contributed by atoms with Gasteiger partial charge in [0.05, 0.1) is 12.7 Å². The Balaban J connectivity index is 2.12.